The normalized spacial score (nSPS) is 10.5. The van der Waals surface area contributed by atoms with Crippen LogP contribution in [0.15, 0.2) is 15.8 Å². The molecule has 1 rings (SSSR count). The number of hydrogen-bond acceptors (Lipinski definition) is 3. The van der Waals surface area contributed by atoms with E-state index in [1.807, 2.05) is 13.8 Å². The van der Waals surface area contributed by atoms with E-state index in [1.54, 1.807) is 6.92 Å². The first-order chi connectivity index (χ1) is 7.40. The van der Waals surface area contributed by atoms with Crippen molar-refractivity contribution in [2.75, 3.05) is 0 Å². The van der Waals surface area contributed by atoms with Gasteiger partial charge in [-0.3, -0.25) is 19.1 Å². The van der Waals surface area contributed by atoms with Crippen molar-refractivity contribution in [3.05, 3.63) is 32.6 Å². The summed E-state index contributed by atoms with van der Waals surface area (Å²) in [6, 6.07) is 0.0204. The second kappa shape index (κ2) is 4.78. The smallest absolute Gasteiger partial charge is 0.328 e. The van der Waals surface area contributed by atoms with Crippen LogP contribution >= 0.6 is 0 Å². The molecule has 0 aliphatic rings. The maximum atomic E-state index is 11.4. The molecule has 0 aliphatic carbocycles. The third kappa shape index (κ3) is 3.08. The third-order valence-corrected chi connectivity index (χ3v) is 1.95. The number of carbonyl (C=O) groups excluding carboxylic acids is 1. The zero-order valence-corrected chi connectivity index (χ0v) is 9.53. The Hall–Kier alpha value is -1.85. The third-order valence-electron chi connectivity index (χ3n) is 1.95. The van der Waals surface area contributed by atoms with E-state index in [9.17, 15) is 14.4 Å². The predicted octanol–water partition coefficient (Wildman–Crippen LogP) is -0.630. The van der Waals surface area contributed by atoms with Crippen LogP contribution in [0, 0.1) is 6.92 Å². The van der Waals surface area contributed by atoms with Gasteiger partial charge in [-0.25, -0.2) is 4.79 Å². The Kier molecular flexibility index (Phi) is 3.65. The van der Waals surface area contributed by atoms with Gasteiger partial charge < -0.3 is 5.32 Å². The lowest BCUT2D eigenvalue weighted by Crippen LogP contribution is -2.38. The highest BCUT2D eigenvalue weighted by Crippen LogP contribution is 1.85. The quantitative estimate of drug-likeness (QED) is 0.718. The van der Waals surface area contributed by atoms with E-state index in [4.69, 9.17) is 0 Å². The van der Waals surface area contributed by atoms with E-state index < -0.39 is 11.2 Å². The van der Waals surface area contributed by atoms with Crippen LogP contribution in [-0.2, 0) is 11.3 Å². The molecular weight excluding hydrogens is 210 g/mol. The molecule has 0 atom stereocenters. The van der Waals surface area contributed by atoms with Crippen molar-refractivity contribution in [2.45, 2.75) is 33.4 Å². The molecule has 1 aromatic rings. The molecule has 0 radical (unpaired) electrons. The Morgan fingerprint density at radius 2 is 2.12 bits per heavy atom. The molecule has 16 heavy (non-hydrogen) atoms. The van der Waals surface area contributed by atoms with Gasteiger partial charge >= 0.3 is 5.69 Å². The monoisotopic (exact) mass is 225 g/mol. The van der Waals surface area contributed by atoms with Crippen LogP contribution in [0.3, 0.4) is 0 Å². The van der Waals surface area contributed by atoms with E-state index in [-0.39, 0.29) is 18.5 Å². The Balaban J connectivity index is 2.90. The van der Waals surface area contributed by atoms with Crippen molar-refractivity contribution < 1.29 is 4.79 Å². The number of H-pyrrole nitrogens is 1. The van der Waals surface area contributed by atoms with Gasteiger partial charge in [-0.2, -0.15) is 0 Å². The van der Waals surface area contributed by atoms with Gasteiger partial charge in [0.2, 0.25) is 5.91 Å². The molecule has 0 unspecified atom stereocenters. The van der Waals surface area contributed by atoms with Crippen molar-refractivity contribution in [3.63, 3.8) is 0 Å². The van der Waals surface area contributed by atoms with Crippen LogP contribution in [0.4, 0.5) is 0 Å². The number of hydrogen-bond donors (Lipinski definition) is 2. The molecule has 0 aliphatic heterocycles. The molecule has 0 spiro atoms. The van der Waals surface area contributed by atoms with E-state index in [1.165, 1.54) is 10.8 Å². The van der Waals surface area contributed by atoms with E-state index in [0.717, 1.165) is 0 Å². The summed E-state index contributed by atoms with van der Waals surface area (Å²) in [4.78, 5) is 36.0. The van der Waals surface area contributed by atoms with E-state index >= 15 is 0 Å². The van der Waals surface area contributed by atoms with Crippen LogP contribution in [0.2, 0.25) is 0 Å². The number of aromatic amines is 1. The molecule has 1 heterocycles. The fourth-order valence-corrected chi connectivity index (χ4v) is 1.26. The molecule has 0 fully saturated rings. The minimum atomic E-state index is -0.575. The number of aromatic nitrogens is 2. The minimum absolute atomic E-state index is 0.0204. The molecule has 6 heteroatoms. The SMILES string of the molecule is Cc1cn(CC(=O)NC(C)C)c(=O)[nH]c1=O. The minimum Gasteiger partial charge on any atom is -0.352 e. The standard InChI is InChI=1S/C10H15N3O3/c1-6(2)11-8(14)5-13-4-7(3)9(15)12-10(13)16/h4,6H,5H2,1-3H3,(H,11,14)(H,12,15,16). The summed E-state index contributed by atoms with van der Waals surface area (Å²) in [5.74, 6) is -0.261. The van der Waals surface area contributed by atoms with Crippen LogP contribution in [0.25, 0.3) is 0 Å². The zero-order chi connectivity index (χ0) is 12.3. The topological polar surface area (TPSA) is 84.0 Å². The average molecular weight is 225 g/mol. The lowest BCUT2D eigenvalue weighted by molar-refractivity contribution is -0.122. The van der Waals surface area contributed by atoms with Gasteiger partial charge in [-0.1, -0.05) is 0 Å². The highest BCUT2D eigenvalue weighted by atomic mass is 16.2. The molecule has 0 saturated carbocycles. The highest BCUT2D eigenvalue weighted by Gasteiger charge is 2.07. The second-order valence-electron chi connectivity index (χ2n) is 3.92. The average Bonchev–Trinajstić information content (AvgIpc) is 2.12. The largest absolute Gasteiger partial charge is 0.352 e. The van der Waals surface area contributed by atoms with Gasteiger partial charge in [-0.15, -0.1) is 0 Å². The number of nitrogens with one attached hydrogen (secondary N) is 2. The summed E-state index contributed by atoms with van der Waals surface area (Å²) in [5, 5.41) is 2.66. The Labute approximate surface area is 92.3 Å². The Morgan fingerprint density at radius 1 is 1.50 bits per heavy atom. The number of aryl methyl sites for hydroxylation is 1. The van der Waals surface area contributed by atoms with E-state index in [2.05, 4.69) is 10.3 Å². The molecule has 2 N–H and O–H groups in total. The zero-order valence-electron chi connectivity index (χ0n) is 9.53. The first kappa shape index (κ1) is 12.2. The highest BCUT2D eigenvalue weighted by molar-refractivity contribution is 5.75. The molecular formula is C10H15N3O3. The molecule has 6 nitrogen and oxygen atoms in total. The van der Waals surface area contributed by atoms with Gasteiger partial charge in [0.1, 0.15) is 6.54 Å². The summed E-state index contributed by atoms with van der Waals surface area (Å²) >= 11 is 0. The molecule has 88 valence electrons. The van der Waals surface area contributed by atoms with E-state index in [0.29, 0.717) is 5.56 Å². The van der Waals surface area contributed by atoms with Gasteiger partial charge in [0.25, 0.3) is 5.56 Å². The van der Waals surface area contributed by atoms with Crippen molar-refractivity contribution in [1.82, 2.24) is 14.9 Å². The van der Waals surface area contributed by atoms with Crippen molar-refractivity contribution in [3.8, 4) is 0 Å². The summed E-state index contributed by atoms with van der Waals surface area (Å²) in [6.45, 7) is 5.15. The molecule has 0 aromatic carbocycles. The summed E-state index contributed by atoms with van der Waals surface area (Å²) in [7, 11) is 0. The van der Waals surface area contributed by atoms with Crippen molar-refractivity contribution in [2.24, 2.45) is 0 Å². The van der Waals surface area contributed by atoms with Gasteiger partial charge in [0, 0.05) is 17.8 Å². The van der Waals surface area contributed by atoms with Crippen LogP contribution < -0.4 is 16.6 Å². The summed E-state index contributed by atoms with van der Waals surface area (Å²) < 4.78 is 1.18. The fourth-order valence-electron chi connectivity index (χ4n) is 1.26. The maximum Gasteiger partial charge on any atom is 0.328 e. The fraction of sp³-hybridized carbons (Fsp3) is 0.500. The van der Waals surface area contributed by atoms with Gasteiger partial charge in [0.05, 0.1) is 0 Å². The first-order valence-corrected chi connectivity index (χ1v) is 5.00. The maximum absolute atomic E-state index is 11.4. The van der Waals surface area contributed by atoms with Gasteiger partial charge in [-0.05, 0) is 20.8 Å². The van der Waals surface area contributed by atoms with Crippen molar-refractivity contribution >= 4 is 5.91 Å². The van der Waals surface area contributed by atoms with Crippen molar-refractivity contribution in [1.29, 1.82) is 0 Å². The van der Waals surface area contributed by atoms with Crippen LogP contribution in [-0.4, -0.2) is 21.5 Å². The Bertz CT molecular complexity index is 499. The number of amides is 1. The summed E-state index contributed by atoms with van der Waals surface area (Å²) in [6.07, 6.45) is 1.38. The molecule has 1 aromatic heterocycles. The number of rotatable bonds is 3. The lowest BCUT2D eigenvalue weighted by Gasteiger charge is -2.09. The molecule has 1 amide bonds. The Morgan fingerprint density at radius 3 is 2.69 bits per heavy atom. The summed E-state index contributed by atoms with van der Waals surface area (Å²) in [5.41, 5.74) is -0.600. The predicted molar refractivity (Wildman–Crippen MR) is 59.3 cm³/mol. The van der Waals surface area contributed by atoms with Crippen LogP contribution in [0.5, 0.6) is 0 Å². The number of nitrogens with zero attached hydrogens (tertiary/aromatic N) is 1. The second-order valence-corrected chi connectivity index (χ2v) is 3.92. The molecule has 0 saturated heterocycles. The first-order valence-electron chi connectivity index (χ1n) is 5.00. The number of carbonyl (C=O) groups is 1. The lowest BCUT2D eigenvalue weighted by atomic mass is 10.3. The van der Waals surface area contributed by atoms with Crippen LogP contribution in [0.1, 0.15) is 19.4 Å². The van der Waals surface area contributed by atoms with Gasteiger partial charge in [0.15, 0.2) is 0 Å². The molecule has 0 bridgehead atoms.